The van der Waals surface area contributed by atoms with Gasteiger partial charge in [0.25, 0.3) is 0 Å². The summed E-state index contributed by atoms with van der Waals surface area (Å²) in [7, 11) is 2.81. The molecule has 138 valence electrons. The molecule has 2 N–H and O–H groups in total. The van der Waals surface area contributed by atoms with Gasteiger partial charge in [-0.25, -0.2) is 9.98 Å². The van der Waals surface area contributed by atoms with Crippen molar-refractivity contribution in [2.24, 2.45) is 12.0 Å². The lowest BCUT2D eigenvalue weighted by Crippen LogP contribution is -2.45. The highest BCUT2D eigenvalue weighted by molar-refractivity contribution is 14.0. The van der Waals surface area contributed by atoms with Crippen LogP contribution in [-0.2, 0) is 18.4 Å². The van der Waals surface area contributed by atoms with Crippen molar-refractivity contribution in [1.82, 2.24) is 30.3 Å². The maximum atomic E-state index is 12.2. The lowest BCUT2D eigenvalue weighted by molar-refractivity contribution is -0.157. The molecule has 0 aromatic carbocycles. The topological polar surface area (TPSA) is 87.4 Å². The molecule has 0 bridgehead atoms. The van der Waals surface area contributed by atoms with Gasteiger partial charge < -0.3 is 15.5 Å². The number of aromatic nitrogens is 3. The Morgan fingerprint density at radius 2 is 2.08 bits per heavy atom. The van der Waals surface area contributed by atoms with Gasteiger partial charge in [0.15, 0.2) is 5.96 Å². The fraction of sp³-hybridized carbons (Fsp3) is 0.667. The summed E-state index contributed by atoms with van der Waals surface area (Å²) in [6.45, 7) is 1.00. The number of halogens is 4. The highest BCUT2D eigenvalue weighted by Crippen LogP contribution is 2.15. The Hall–Kier alpha value is -1.60. The molecule has 0 aliphatic carbocycles. The predicted octanol–water partition coefficient (Wildman–Crippen LogP) is 0.509. The molecular formula is C12H21F3IN7O. The number of rotatable bonds is 6. The van der Waals surface area contributed by atoms with Crippen molar-refractivity contribution < 1.29 is 18.0 Å². The number of carbonyl (C=O) groups excluding carboxylic acids is 1. The van der Waals surface area contributed by atoms with Gasteiger partial charge in [-0.05, 0) is 6.92 Å². The molecular weight excluding hydrogens is 442 g/mol. The third-order valence-corrected chi connectivity index (χ3v) is 2.78. The van der Waals surface area contributed by atoms with E-state index in [4.69, 9.17) is 0 Å². The molecule has 0 radical (unpaired) electrons. The van der Waals surface area contributed by atoms with E-state index in [1.807, 2.05) is 6.92 Å². The lowest BCUT2D eigenvalue weighted by Gasteiger charge is -2.19. The molecule has 0 aliphatic rings. The number of nitrogens with one attached hydrogen (secondary N) is 2. The second-order valence-corrected chi connectivity index (χ2v) is 4.71. The van der Waals surface area contributed by atoms with E-state index >= 15 is 0 Å². The van der Waals surface area contributed by atoms with Crippen molar-refractivity contribution in [3.8, 4) is 0 Å². The van der Waals surface area contributed by atoms with Gasteiger partial charge in [0, 0.05) is 20.6 Å². The third-order valence-electron chi connectivity index (χ3n) is 2.78. The van der Waals surface area contributed by atoms with Crippen molar-refractivity contribution in [3.05, 3.63) is 12.2 Å². The van der Waals surface area contributed by atoms with E-state index in [2.05, 4.69) is 25.7 Å². The first-order chi connectivity index (χ1) is 10.7. The number of hydrogen-bond donors (Lipinski definition) is 2. The molecule has 24 heavy (non-hydrogen) atoms. The van der Waals surface area contributed by atoms with Gasteiger partial charge in [-0.1, -0.05) is 0 Å². The average molecular weight is 463 g/mol. The second kappa shape index (κ2) is 10.3. The Balaban J connectivity index is 0.00000529. The van der Waals surface area contributed by atoms with Crippen LogP contribution >= 0.6 is 24.0 Å². The summed E-state index contributed by atoms with van der Waals surface area (Å²) in [5.74, 6) is 0.235. The molecule has 0 spiro atoms. The zero-order valence-electron chi connectivity index (χ0n) is 13.6. The highest BCUT2D eigenvalue weighted by Gasteiger charge is 2.31. The summed E-state index contributed by atoms with van der Waals surface area (Å²) >= 11 is 0. The van der Waals surface area contributed by atoms with Gasteiger partial charge in [-0.3, -0.25) is 9.48 Å². The zero-order chi connectivity index (χ0) is 17.5. The number of likely N-dealkylation sites (N-methyl/N-ethyl adjacent to an activating group) is 1. The van der Waals surface area contributed by atoms with Gasteiger partial charge >= 0.3 is 6.18 Å². The van der Waals surface area contributed by atoms with E-state index in [-0.39, 0.29) is 37.1 Å². The van der Waals surface area contributed by atoms with Gasteiger partial charge in [-0.15, -0.1) is 24.0 Å². The quantitative estimate of drug-likeness (QED) is 0.365. The Labute approximate surface area is 154 Å². The number of carbonyl (C=O) groups is 1. The van der Waals surface area contributed by atoms with Crippen molar-refractivity contribution in [2.75, 3.05) is 26.7 Å². The van der Waals surface area contributed by atoms with Crippen molar-refractivity contribution in [1.29, 1.82) is 0 Å². The number of aryl methyl sites for hydroxylation is 1. The van der Waals surface area contributed by atoms with Gasteiger partial charge in [0.1, 0.15) is 25.2 Å². The summed E-state index contributed by atoms with van der Waals surface area (Å²) in [5.41, 5.74) is 0. The Bertz CT molecular complexity index is 547. The van der Waals surface area contributed by atoms with E-state index in [0.717, 1.165) is 7.05 Å². The number of guanidine groups is 1. The number of aliphatic imine (C=N–C) groups is 1. The molecule has 0 fully saturated rings. The lowest BCUT2D eigenvalue weighted by atomic mass is 10.4. The maximum Gasteiger partial charge on any atom is 0.406 e. The van der Waals surface area contributed by atoms with E-state index in [1.165, 1.54) is 6.33 Å². The largest absolute Gasteiger partial charge is 0.406 e. The Kier molecular flexibility index (Phi) is 9.62. The van der Waals surface area contributed by atoms with Gasteiger partial charge in [0.05, 0.1) is 6.54 Å². The van der Waals surface area contributed by atoms with Crippen LogP contribution in [0.3, 0.4) is 0 Å². The van der Waals surface area contributed by atoms with Crippen LogP contribution < -0.4 is 10.6 Å². The SMILES string of the molecule is CCNC(=NCc1ncnn1C)NCC(=O)N(C)CC(F)(F)F.I. The molecule has 0 saturated heterocycles. The summed E-state index contributed by atoms with van der Waals surface area (Å²) < 4.78 is 38.3. The summed E-state index contributed by atoms with van der Waals surface area (Å²) in [4.78, 5) is 20.5. The minimum absolute atomic E-state index is 0. The molecule has 1 rings (SSSR count). The predicted molar refractivity (Wildman–Crippen MR) is 92.9 cm³/mol. The highest BCUT2D eigenvalue weighted by atomic mass is 127. The number of alkyl halides is 3. The summed E-state index contributed by atoms with van der Waals surface area (Å²) in [5, 5.41) is 9.49. The van der Waals surface area contributed by atoms with Crippen LogP contribution in [0.4, 0.5) is 13.2 Å². The summed E-state index contributed by atoms with van der Waals surface area (Å²) in [6, 6.07) is 0. The first kappa shape index (κ1) is 22.4. The molecule has 1 amide bonds. The molecule has 0 saturated carbocycles. The molecule has 1 aromatic heterocycles. The Morgan fingerprint density at radius 3 is 2.58 bits per heavy atom. The molecule has 0 atom stereocenters. The second-order valence-electron chi connectivity index (χ2n) is 4.71. The van der Waals surface area contributed by atoms with E-state index in [1.54, 1.807) is 11.7 Å². The first-order valence-electron chi connectivity index (χ1n) is 6.88. The van der Waals surface area contributed by atoms with Crippen LogP contribution in [0, 0.1) is 0 Å². The van der Waals surface area contributed by atoms with Crippen LogP contribution in [0.15, 0.2) is 11.3 Å². The minimum atomic E-state index is -4.42. The molecule has 0 aliphatic heterocycles. The van der Waals surface area contributed by atoms with Crippen molar-refractivity contribution in [2.45, 2.75) is 19.6 Å². The number of amides is 1. The Morgan fingerprint density at radius 1 is 1.42 bits per heavy atom. The standard InChI is InChI=1S/C12H20F3N7O.HI/c1-4-16-11(17-5-9-19-8-20-22(9)3)18-6-10(23)21(2)7-12(13,14)15;/h8H,4-7H2,1-3H3,(H2,16,17,18);1H. The zero-order valence-corrected chi connectivity index (χ0v) is 15.9. The average Bonchev–Trinajstić information content (AvgIpc) is 2.85. The normalized spacial score (nSPS) is 11.7. The van der Waals surface area contributed by atoms with Crippen LogP contribution in [0.25, 0.3) is 0 Å². The van der Waals surface area contributed by atoms with Crippen molar-refractivity contribution >= 4 is 35.8 Å². The number of nitrogens with zero attached hydrogens (tertiary/aromatic N) is 5. The molecule has 1 aromatic rings. The van der Waals surface area contributed by atoms with Gasteiger partial charge in [0.2, 0.25) is 5.91 Å². The smallest absolute Gasteiger partial charge is 0.357 e. The maximum absolute atomic E-state index is 12.2. The molecule has 12 heteroatoms. The minimum Gasteiger partial charge on any atom is -0.357 e. The van der Waals surface area contributed by atoms with Crippen LogP contribution in [0.1, 0.15) is 12.7 Å². The summed E-state index contributed by atoms with van der Waals surface area (Å²) in [6.07, 6.45) is -3.03. The van der Waals surface area contributed by atoms with Crippen LogP contribution in [0.5, 0.6) is 0 Å². The van der Waals surface area contributed by atoms with E-state index < -0.39 is 18.6 Å². The van der Waals surface area contributed by atoms with Crippen molar-refractivity contribution in [3.63, 3.8) is 0 Å². The fourth-order valence-electron chi connectivity index (χ4n) is 1.61. The van der Waals surface area contributed by atoms with E-state index in [0.29, 0.717) is 23.2 Å². The third kappa shape index (κ3) is 8.31. The number of hydrogen-bond acceptors (Lipinski definition) is 4. The molecule has 1 heterocycles. The monoisotopic (exact) mass is 463 g/mol. The molecule has 8 nitrogen and oxygen atoms in total. The van der Waals surface area contributed by atoms with Gasteiger partial charge in [-0.2, -0.15) is 18.3 Å². The first-order valence-corrected chi connectivity index (χ1v) is 6.88. The molecule has 0 unspecified atom stereocenters. The fourth-order valence-corrected chi connectivity index (χ4v) is 1.61. The van der Waals surface area contributed by atoms with Crippen LogP contribution in [-0.4, -0.2) is 64.4 Å². The van der Waals surface area contributed by atoms with E-state index in [9.17, 15) is 18.0 Å². The van der Waals surface area contributed by atoms with Crippen LogP contribution in [0.2, 0.25) is 0 Å².